The van der Waals surface area contributed by atoms with Crippen molar-refractivity contribution in [3.8, 4) is 0 Å². The maximum absolute atomic E-state index is 6.43. The zero-order valence-corrected chi connectivity index (χ0v) is 18.7. The van der Waals surface area contributed by atoms with Crippen molar-refractivity contribution in [1.82, 2.24) is 4.90 Å². The van der Waals surface area contributed by atoms with Crippen molar-refractivity contribution >= 4 is 23.2 Å². The number of fused-ring (bicyclic) bond motifs is 1. The summed E-state index contributed by atoms with van der Waals surface area (Å²) in [5.41, 5.74) is 1.35. The van der Waals surface area contributed by atoms with E-state index in [4.69, 9.17) is 14.2 Å². The average molecular weight is 422 g/mol. The van der Waals surface area contributed by atoms with Gasteiger partial charge in [0.15, 0.2) is 0 Å². The second kappa shape index (κ2) is 13.2. The van der Waals surface area contributed by atoms with Gasteiger partial charge in [0.05, 0.1) is 25.9 Å². The molecule has 0 aliphatic heterocycles. The van der Waals surface area contributed by atoms with Crippen molar-refractivity contribution in [1.29, 1.82) is 0 Å². The minimum atomic E-state index is 0. The van der Waals surface area contributed by atoms with Gasteiger partial charge in [-0.1, -0.05) is 55.3 Å². The summed E-state index contributed by atoms with van der Waals surface area (Å²) in [4.78, 5) is 2.51. The quantitative estimate of drug-likeness (QED) is 0.525. The Bertz CT molecular complexity index is 703. The highest BCUT2D eigenvalue weighted by Crippen LogP contribution is 2.26. The second-order valence-corrected chi connectivity index (χ2v) is 7.71. The van der Waals surface area contributed by atoms with Crippen LogP contribution in [0.15, 0.2) is 42.5 Å². The molecule has 0 amide bonds. The summed E-state index contributed by atoms with van der Waals surface area (Å²) >= 11 is 0. The molecule has 0 N–H and O–H groups in total. The van der Waals surface area contributed by atoms with E-state index < -0.39 is 0 Å². The first-order valence-electron chi connectivity index (χ1n) is 10.6. The lowest BCUT2D eigenvalue weighted by atomic mass is 9.91. The van der Waals surface area contributed by atoms with Gasteiger partial charge in [-0.3, -0.25) is 4.90 Å². The molecule has 0 aromatic heterocycles. The molecule has 0 bridgehead atoms. The molecule has 1 fully saturated rings. The predicted octanol–water partition coefficient (Wildman–Crippen LogP) is 4.73. The van der Waals surface area contributed by atoms with Gasteiger partial charge >= 0.3 is 0 Å². The van der Waals surface area contributed by atoms with Crippen LogP contribution in [0.5, 0.6) is 0 Å². The standard InChI is InChI=1S/C24H35NO3.ClH/c1-26-17-14-25(15-18-27-2)23-9-5-6-10-24(23)28-16-13-20-11-12-21-7-3-4-8-22(21)19-20;/h3-4,7-8,11-12,19,23-24H,5-6,9-10,13-18H2,1-2H3;1H/t23-,24-;/m0./s1. The van der Waals surface area contributed by atoms with E-state index in [2.05, 4.69) is 47.4 Å². The van der Waals surface area contributed by atoms with Crippen molar-refractivity contribution in [2.45, 2.75) is 44.2 Å². The zero-order chi connectivity index (χ0) is 19.6. The Hall–Kier alpha value is -1.17. The predicted molar refractivity (Wildman–Crippen MR) is 122 cm³/mol. The number of methoxy groups -OCH3 is 2. The molecule has 5 heteroatoms. The number of hydrogen-bond acceptors (Lipinski definition) is 4. The third-order valence-corrected chi connectivity index (χ3v) is 5.84. The molecule has 2 atom stereocenters. The monoisotopic (exact) mass is 421 g/mol. The molecule has 1 saturated carbocycles. The van der Waals surface area contributed by atoms with Crippen molar-refractivity contribution in [2.24, 2.45) is 0 Å². The Morgan fingerprint density at radius 2 is 1.55 bits per heavy atom. The van der Waals surface area contributed by atoms with E-state index in [9.17, 15) is 0 Å². The molecule has 3 rings (SSSR count). The molecule has 1 aliphatic carbocycles. The van der Waals surface area contributed by atoms with Crippen LogP contribution in [-0.4, -0.2) is 64.2 Å². The fourth-order valence-electron chi connectivity index (χ4n) is 4.27. The van der Waals surface area contributed by atoms with Crippen LogP contribution in [0.25, 0.3) is 10.8 Å². The summed E-state index contributed by atoms with van der Waals surface area (Å²) in [5.74, 6) is 0. The first-order valence-corrected chi connectivity index (χ1v) is 10.6. The molecule has 0 saturated heterocycles. The third-order valence-electron chi connectivity index (χ3n) is 5.84. The SMILES string of the molecule is COCCN(CCOC)[C@H]1CCCC[C@@H]1OCCc1ccc2ccccc2c1.Cl. The van der Waals surface area contributed by atoms with Crippen LogP contribution in [0.2, 0.25) is 0 Å². The van der Waals surface area contributed by atoms with Gasteiger partial charge < -0.3 is 14.2 Å². The van der Waals surface area contributed by atoms with Gasteiger partial charge in [-0.25, -0.2) is 0 Å². The van der Waals surface area contributed by atoms with E-state index >= 15 is 0 Å². The fraction of sp³-hybridized carbons (Fsp3) is 0.583. The van der Waals surface area contributed by atoms with Gasteiger partial charge in [-0.15, -0.1) is 12.4 Å². The maximum atomic E-state index is 6.43. The Morgan fingerprint density at radius 1 is 0.862 bits per heavy atom. The Labute approximate surface area is 181 Å². The van der Waals surface area contributed by atoms with Crippen LogP contribution in [0.4, 0.5) is 0 Å². The van der Waals surface area contributed by atoms with Crippen LogP contribution in [0, 0.1) is 0 Å². The maximum Gasteiger partial charge on any atom is 0.0730 e. The third kappa shape index (κ3) is 7.23. The van der Waals surface area contributed by atoms with Crippen molar-refractivity contribution < 1.29 is 14.2 Å². The molecule has 2 aromatic rings. The number of nitrogens with zero attached hydrogens (tertiary/aromatic N) is 1. The Balaban J connectivity index is 0.00000300. The second-order valence-electron chi connectivity index (χ2n) is 7.71. The van der Waals surface area contributed by atoms with Crippen molar-refractivity contribution in [3.63, 3.8) is 0 Å². The first kappa shape index (κ1) is 24.1. The van der Waals surface area contributed by atoms with E-state index in [1.165, 1.54) is 35.6 Å². The number of ether oxygens (including phenoxy) is 3. The van der Waals surface area contributed by atoms with Crippen LogP contribution < -0.4 is 0 Å². The van der Waals surface area contributed by atoms with E-state index in [1.54, 1.807) is 14.2 Å². The van der Waals surface area contributed by atoms with E-state index in [0.717, 1.165) is 45.8 Å². The molecule has 2 aromatic carbocycles. The molecule has 162 valence electrons. The smallest absolute Gasteiger partial charge is 0.0730 e. The van der Waals surface area contributed by atoms with E-state index in [0.29, 0.717) is 12.1 Å². The van der Waals surface area contributed by atoms with Crippen LogP contribution in [0.3, 0.4) is 0 Å². The molecule has 0 radical (unpaired) electrons. The largest absolute Gasteiger partial charge is 0.383 e. The van der Waals surface area contributed by atoms with Crippen molar-refractivity contribution in [2.75, 3.05) is 47.1 Å². The van der Waals surface area contributed by atoms with Gasteiger partial charge in [0.1, 0.15) is 0 Å². The average Bonchev–Trinajstić information content (AvgIpc) is 2.74. The molecule has 29 heavy (non-hydrogen) atoms. The lowest BCUT2D eigenvalue weighted by Gasteiger charge is -2.39. The zero-order valence-electron chi connectivity index (χ0n) is 17.8. The highest BCUT2D eigenvalue weighted by Gasteiger charge is 2.30. The molecule has 0 heterocycles. The normalized spacial score (nSPS) is 19.4. The molecule has 0 spiro atoms. The first-order chi connectivity index (χ1) is 13.8. The van der Waals surface area contributed by atoms with E-state index in [-0.39, 0.29) is 12.4 Å². The summed E-state index contributed by atoms with van der Waals surface area (Å²) in [7, 11) is 3.54. The van der Waals surface area contributed by atoms with Crippen molar-refractivity contribution in [3.05, 3.63) is 48.0 Å². The molecular weight excluding hydrogens is 386 g/mol. The summed E-state index contributed by atoms with van der Waals surface area (Å²) < 4.78 is 17.1. The number of halogens is 1. The van der Waals surface area contributed by atoms with E-state index in [1.807, 2.05) is 0 Å². The fourth-order valence-corrected chi connectivity index (χ4v) is 4.27. The summed E-state index contributed by atoms with van der Waals surface area (Å²) in [6.07, 6.45) is 6.17. The van der Waals surface area contributed by atoms with Crippen LogP contribution in [0.1, 0.15) is 31.2 Å². The highest BCUT2D eigenvalue weighted by molar-refractivity contribution is 5.85. The Morgan fingerprint density at radius 3 is 2.28 bits per heavy atom. The van der Waals surface area contributed by atoms with Crippen LogP contribution >= 0.6 is 12.4 Å². The minimum absolute atomic E-state index is 0. The molecular formula is C24H36ClNO3. The molecule has 1 aliphatic rings. The van der Waals surface area contributed by atoms with Gasteiger partial charge in [-0.05, 0) is 35.6 Å². The van der Waals surface area contributed by atoms with Crippen LogP contribution in [-0.2, 0) is 20.6 Å². The van der Waals surface area contributed by atoms with Gasteiger partial charge in [0.2, 0.25) is 0 Å². The topological polar surface area (TPSA) is 30.9 Å². The lowest BCUT2D eigenvalue weighted by Crippen LogP contribution is -2.49. The lowest BCUT2D eigenvalue weighted by molar-refractivity contribution is -0.0450. The number of rotatable bonds is 11. The number of hydrogen-bond donors (Lipinski definition) is 0. The minimum Gasteiger partial charge on any atom is -0.383 e. The summed E-state index contributed by atoms with van der Waals surface area (Å²) in [5, 5.41) is 2.60. The summed E-state index contributed by atoms with van der Waals surface area (Å²) in [6, 6.07) is 15.7. The highest BCUT2D eigenvalue weighted by atomic mass is 35.5. The van der Waals surface area contributed by atoms with Gasteiger partial charge in [0, 0.05) is 33.4 Å². The van der Waals surface area contributed by atoms with Gasteiger partial charge in [-0.2, -0.15) is 0 Å². The Kier molecular flexibility index (Phi) is 11.0. The van der Waals surface area contributed by atoms with Gasteiger partial charge in [0.25, 0.3) is 0 Å². The number of benzene rings is 2. The molecule has 4 nitrogen and oxygen atoms in total. The molecule has 0 unspecified atom stereocenters. The summed E-state index contributed by atoms with van der Waals surface area (Å²) in [6.45, 7) is 4.17.